The molecule has 0 atom stereocenters. The zero-order valence-corrected chi connectivity index (χ0v) is 10.8. The molecule has 0 bridgehead atoms. The molecule has 17 heavy (non-hydrogen) atoms. The SMILES string of the molecule is CC(=O)Nc1ccc(C)c(NC(=O)CCS)c1. The van der Waals surface area contributed by atoms with Gasteiger partial charge in [-0.2, -0.15) is 12.6 Å². The van der Waals surface area contributed by atoms with E-state index < -0.39 is 0 Å². The molecule has 1 rings (SSSR count). The molecule has 0 spiro atoms. The number of benzene rings is 1. The lowest BCUT2D eigenvalue weighted by atomic mass is 10.1. The second-order valence-electron chi connectivity index (χ2n) is 3.73. The summed E-state index contributed by atoms with van der Waals surface area (Å²) in [6.07, 6.45) is 0.368. The molecule has 0 saturated heterocycles. The Morgan fingerprint density at radius 3 is 2.59 bits per heavy atom. The van der Waals surface area contributed by atoms with E-state index in [1.165, 1.54) is 6.92 Å². The van der Waals surface area contributed by atoms with E-state index in [-0.39, 0.29) is 11.8 Å². The molecular formula is C12H16N2O2S. The molecule has 0 aliphatic carbocycles. The van der Waals surface area contributed by atoms with Crippen molar-refractivity contribution in [2.45, 2.75) is 20.3 Å². The number of hydrogen-bond acceptors (Lipinski definition) is 3. The van der Waals surface area contributed by atoms with Crippen LogP contribution < -0.4 is 10.6 Å². The molecule has 0 radical (unpaired) electrons. The van der Waals surface area contributed by atoms with Crippen LogP contribution in [0.25, 0.3) is 0 Å². The highest BCUT2D eigenvalue weighted by Crippen LogP contribution is 2.20. The maximum absolute atomic E-state index is 11.5. The Labute approximate surface area is 106 Å². The maximum Gasteiger partial charge on any atom is 0.225 e. The third-order valence-electron chi connectivity index (χ3n) is 2.17. The lowest BCUT2D eigenvalue weighted by Gasteiger charge is -2.10. The normalized spacial score (nSPS) is 9.82. The second-order valence-corrected chi connectivity index (χ2v) is 4.18. The summed E-state index contributed by atoms with van der Waals surface area (Å²) in [6.45, 7) is 3.34. The third kappa shape index (κ3) is 4.48. The highest BCUT2D eigenvalue weighted by atomic mass is 32.1. The molecule has 2 amide bonds. The minimum Gasteiger partial charge on any atom is -0.326 e. The first-order valence-electron chi connectivity index (χ1n) is 5.32. The van der Waals surface area contributed by atoms with Crippen LogP contribution in [-0.2, 0) is 9.59 Å². The van der Waals surface area contributed by atoms with Crippen molar-refractivity contribution in [3.63, 3.8) is 0 Å². The summed E-state index contributed by atoms with van der Waals surface area (Å²) < 4.78 is 0. The summed E-state index contributed by atoms with van der Waals surface area (Å²) in [5, 5.41) is 5.46. The van der Waals surface area contributed by atoms with Gasteiger partial charge in [0.15, 0.2) is 0 Å². The highest BCUT2D eigenvalue weighted by molar-refractivity contribution is 7.80. The number of anilines is 2. The monoisotopic (exact) mass is 252 g/mol. The predicted molar refractivity (Wildman–Crippen MR) is 72.6 cm³/mol. The molecule has 92 valence electrons. The number of thiol groups is 1. The number of hydrogen-bond donors (Lipinski definition) is 3. The summed E-state index contributed by atoms with van der Waals surface area (Å²) in [7, 11) is 0. The van der Waals surface area contributed by atoms with Crippen molar-refractivity contribution in [1.29, 1.82) is 0 Å². The molecule has 0 aliphatic heterocycles. The number of nitrogens with one attached hydrogen (secondary N) is 2. The van der Waals surface area contributed by atoms with Crippen molar-refractivity contribution in [2.24, 2.45) is 0 Å². The van der Waals surface area contributed by atoms with Crippen LogP contribution in [0.3, 0.4) is 0 Å². The van der Waals surface area contributed by atoms with Gasteiger partial charge in [-0.1, -0.05) is 6.07 Å². The molecule has 2 N–H and O–H groups in total. The van der Waals surface area contributed by atoms with Crippen molar-refractivity contribution >= 4 is 35.8 Å². The first-order chi connectivity index (χ1) is 8.02. The van der Waals surface area contributed by atoms with Gasteiger partial charge in [-0.15, -0.1) is 0 Å². The summed E-state index contributed by atoms with van der Waals surface area (Å²) >= 11 is 4.00. The van der Waals surface area contributed by atoms with E-state index in [2.05, 4.69) is 23.3 Å². The van der Waals surface area contributed by atoms with Gasteiger partial charge in [-0.05, 0) is 30.4 Å². The van der Waals surface area contributed by atoms with E-state index in [9.17, 15) is 9.59 Å². The summed E-state index contributed by atoms with van der Waals surface area (Å²) in [6, 6.07) is 5.39. The van der Waals surface area contributed by atoms with Crippen LogP contribution in [0.1, 0.15) is 18.9 Å². The lowest BCUT2D eigenvalue weighted by Crippen LogP contribution is -2.13. The standard InChI is InChI=1S/C12H16N2O2S/c1-8-3-4-10(13-9(2)15)7-11(8)14-12(16)5-6-17/h3-4,7,17H,5-6H2,1-2H3,(H,13,15)(H,14,16). The van der Waals surface area contributed by atoms with E-state index in [1.807, 2.05) is 13.0 Å². The smallest absolute Gasteiger partial charge is 0.225 e. The fourth-order valence-electron chi connectivity index (χ4n) is 1.35. The number of aryl methyl sites for hydroxylation is 1. The number of carbonyl (C=O) groups excluding carboxylic acids is 2. The van der Waals surface area contributed by atoms with Crippen LogP contribution in [-0.4, -0.2) is 17.6 Å². The van der Waals surface area contributed by atoms with Crippen molar-refractivity contribution in [3.8, 4) is 0 Å². The van der Waals surface area contributed by atoms with E-state index in [4.69, 9.17) is 0 Å². The Hall–Kier alpha value is -1.49. The van der Waals surface area contributed by atoms with Crippen LogP contribution in [0.4, 0.5) is 11.4 Å². The van der Waals surface area contributed by atoms with E-state index in [1.54, 1.807) is 12.1 Å². The molecule has 0 unspecified atom stereocenters. The van der Waals surface area contributed by atoms with Gasteiger partial charge in [0.05, 0.1) is 0 Å². The Balaban J connectivity index is 2.83. The predicted octanol–water partition coefficient (Wildman–Crippen LogP) is 2.21. The van der Waals surface area contributed by atoms with Crippen LogP contribution >= 0.6 is 12.6 Å². The van der Waals surface area contributed by atoms with Gasteiger partial charge < -0.3 is 10.6 Å². The number of carbonyl (C=O) groups is 2. The van der Waals surface area contributed by atoms with Gasteiger partial charge in [0, 0.05) is 24.7 Å². The Bertz CT molecular complexity index is 433. The van der Waals surface area contributed by atoms with Gasteiger partial charge in [-0.3, -0.25) is 9.59 Å². The van der Waals surface area contributed by atoms with Crippen LogP contribution in [0, 0.1) is 6.92 Å². The van der Waals surface area contributed by atoms with Gasteiger partial charge in [0.25, 0.3) is 0 Å². The van der Waals surface area contributed by atoms with Gasteiger partial charge in [0.1, 0.15) is 0 Å². The first-order valence-corrected chi connectivity index (χ1v) is 5.95. The molecule has 0 aromatic heterocycles. The maximum atomic E-state index is 11.5. The van der Waals surface area contributed by atoms with E-state index in [0.717, 1.165) is 5.56 Å². The minimum atomic E-state index is -0.138. The molecule has 4 nitrogen and oxygen atoms in total. The third-order valence-corrected chi connectivity index (χ3v) is 2.39. The zero-order chi connectivity index (χ0) is 12.8. The lowest BCUT2D eigenvalue weighted by molar-refractivity contribution is -0.116. The van der Waals surface area contributed by atoms with Gasteiger partial charge in [-0.25, -0.2) is 0 Å². The van der Waals surface area contributed by atoms with Crippen molar-refractivity contribution in [3.05, 3.63) is 23.8 Å². The molecular weight excluding hydrogens is 236 g/mol. The average molecular weight is 252 g/mol. The zero-order valence-electron chi connectivity index (χ0n) is 9.91. The second kappa shape index (κ2) is 6.30. The number of amides is 2. The topological polar surface area (TPSA) is 58.2 Å². The molecule has 1 aromatic carbocycles. The summed E-state index contributed by atoms with van der Waals surface area (Å²) in [5.74, 6) is 0.292. The average Bonchev–Trinajstić information content (AvgIpc) is 2.22. The number of rotatable bonds is 4. The fraction of sp³-hybridized carbons (Fsp3) is 0.333. The highest BCUT2D eigenvalue weighted by Gasteiger charge is 2.05. The Kier molecular flexibility index (Phi) is 5.03. The fourth-order valence-corrected chi connectivity index (χ4v) is 1.56. The first kappa shape index (κ1) is 13.6. The van der Waals surface area contributed by atoms with Crippen molar-refractivity contribution in [1.82, 2.24) is 0 Å². The van der Waals surface area contributed by atoms with Gasteiger partial charge >= 0.3 is 0 Å². The molecule has 0 fully saturated rings. The minimum absolute atomic E-state index is 0.0805. The van der Waals surface area contributed by atoms with E-state index >= 15 is 0 Å². The largest absolute Gasteiger partial charge is 0.326 e. The van der Waals surface area contributed by atoms with E-state index in [0.29, 0.717) is 23.5 Å². The van der Waals surface area contributed by atoms with Crippen molar-refractivity contribution < 1.29 is 9.59 Å². The van der Waals surface area contributed by atoms with Crippen LogP contribution in [0.2, 0.25) is 0 Å². The van der Waals surface area contributed by atoms with Crippen LogP contribution in [0.15, 0.2) is 18.2 Å². The van der Waals surface area contributed by atoms with Crippen LogP contribution in [0.5, 0.6) is 0 Å². The summed E-state index contributed by atoms with van der Waals surface area (Å²) in [5.41, 5.74) is 2.33. The quantitative estimate of drug-likeness (QED) is 0.720. The molecule has 5 heteroatoms. The molecule has 0 aliphatic rings. The molecule has 0 heterocycles. The Morgan fingerprint density at radius 1 is 1.29 bits per heavy atom. The summed E-state index contributed by atoms with van der Waals surface area (Å²) in [4.78, 5) is 22.4. The Morgan fingerprint density at radius 2 is 2.00 bits per heavy atom. The molecule has 0 saturated carbocycles. The van der Waals surface area contributed by atoms with Crippen molar-refractivity contribution in [2.75, 3.05) is 16.4 Å². The van der Waals surface area contributed by atoms with Gasteiger partial charge in [0.2, 0.25) is 11.8 Å². The molecule has 1 aromatic rings.